The molecule has 166 valence electrons. The molecule has 0 bridgehead atoms. The zero-order chi connectivity index (χ0) is 22.8. The van der Waals surface area contributed by atoms with Gasteiger partial charge in [0.25, 0.3) is 17.3 Å². The van der Waals surface area contributed by atoms with Crippen LogP contribution in [0.25, 0.3) is 10.2 Å². The Hall–Kier alpha value is -3.80. The van der Waals surface area contributed by atoms with Gasteiger partial charge >= 0.3 is 0 Å². The smallest absolute Gasteiger partial charge is 0.277 e. The number of nitro benzene ring substituents is 2. The molecule has 0 aliphatic carbocycles. The summed E-state index contributed by atoms with van der Waals surface area (Å²) in [6, 6.07) is 8.77. The molecule has 1 aliphatic rings. The fourth-order valence-corrected chi connectivity index (χ4v) is 4.57. The Labute approximate surface area is 186 Å². The molecule has 1 amide bonds. The van der Waals surface area contributed by atoms with E-state index >= 15 is 0 Å². The summed E-state index contributed by atoms with van der Waals surface area (Å²) in [6.07, 6.45) is 0. The predicted octanol–water partition coefficient (Wildman–Crippen LogP) is 3.47. The van der Waals surface area contributed by atoms with Crippen molar-refractivity contribution in [1.82, 2.24) is 9.88 Å². The third kappa shape index (κ3) is 4.17. The molecule has 1 aliphatic heterocycles. The van der Waals surface area contributed by atoms with Gasteiger partial charge in [-0.1, -0.05) is 17.4 Å². The molecule has 3 aromatic rings. The van der Waals surface area contributed by atoms with Crippen molar-refractivity contribution in [2.24, 2.45) is 0 Å². The van der Waals surface area contributed by atoms with Gasteiger partial charge in [0.05, 0.1) is 32.8 Å². The van der Waals surface area contributed by atoms with Gasteiger partial charge in [-0.2, -0.15) is 0 Å². The van der Waals surface area contributed by atoms with Crippen LogP contribution in [0.1, 0.15) is 17.3 Å². The highest BCUT2D eigenvalue weighted by molar-refractivity contribution is 7.22. The van der Waals surface area contributed by atoms with E-state index in [0.717, 1.165) is 39.3 Å². The van der Waals surface area contributed by atoms with Crippen molar-refractivity contribution in [3.05, 3.63) is 62.2 Å². The molecule has 1 saturated heterocycles. The maximum absolute atomic E-state index is 12.9. The van der Waals surface area contributed by atoms with Crippen molar-refractivity contribution in [3.63, 3.8) is 0 Å². The van der Waals surface area contributed by atoms with Crippen LogP contribution in [0.4, 0.5) is 16.5 Å². The highest BCUT2D eigenvalue weighted by Gasteiger charge is 2.27. The van der Waals surface area contributed by atoms with Gasteiger partial charge < -0.3 is 14.5 Å². The number of para-hydroxylation sites is 1. The second-order valence-corrected chi connectivity index (χ2v) is 8.07. The molecule has 2 aromatic carbocycles. The van der Waals surface area contributed by atoms with Crippen molar-refractivity contribution in [1.29, 1.82) is 0 Å². The third-order valence-electron chi connectivity index (χ3n) is 5.08. The van der Waals surface area contributed by atoms with Crippen LogP contribution in [-0.4, -0.2) is 58.4 Å². The number of amides is 1. The summed E-state index contributed by atoms with van der Waals surface area (Å²) >= 11 is 1.54. The number of hydrogen-bond donors (Lipinski definition) is 0. The molecule has 0 saturated carbocycles. The molecular weight excluding hydrogens is 438 g/mol. The number of aromatic nitrogens is 1. The Balaban J connectivity index is 1.50. The number of anilines is 1. The van der Waals surface area contributed by atoms with Gasteiger partial charge in [-0.05, 0) is 19.1 Å². The molecule has 4 rings (SSSR count). The molecule has 12 heteroatoms. The Kier molecular flexibility index (Phi) is 5.86. The summed E-state index contributed by atoms with van der Waals surface area (Å²) < 4.78 is 6.65. The summed E-state index contributed by atoms with van der Waals surface area (Å²) in [5, 5.41) is 23.0. The number of non-ortho nitro benzene ring substituents is 2. The number of benzene rings is 2. The van der Waals surface area contributed by atoms with Gasteiger partial charge in [0.2, 0.25) is 0 Å². The largest absolute Gasteiger partial charge is 0.492 e. The van der Waals surface area contributed by atoms with Crippen molar-refractivity contribution in [2.75, 3.05) is 37.7 Å². The second-order valence-electron chi connectivity index (χ2n) is 7.06. The van der Waals surface area contributed by atoms with Gasteiger partial charge in [0, 0.05) is 38.3 Å². The van der Waals surface area contributed by atoms with Gasteiger partial charge in [-0.25, -0.2) is 4.98 Å². The Bertz CT molecular complexity index is 1170. The summed E-state index contributed by atoms with van der Waals surface area (Å²) in [4.78, 5) is 41.9. The SMILES string of the molecule is CCOc1cccc2sc(N3CCN(C(=O)c4cc([N+](=O)[O-])cc([N+](=O)[O-])c4)CC3)nc12. The topological polar surface area (TPSA) is 132 Å². The van der Waals surface area contributed by atoms with Crippen LogP contribution < -0.4 is 9.64 Å². The lowest BCUT2D eigenvalue weighted by Crippen LogP contribution is -2.48. The van der Waals surface area contributed by atoms with Crippen LogP contribution >= 0.6 is 11.3 Å². The first-order chi connectivity index (χ1) is 15.4. The maximum atomic E-state index is 12.9. The highest BCUT2D eigenvalue weighted by atomic mass is 32.1. The summed E-state index contributed by atoms with van der Waals surface area (Å²) in [5.41, 5.74) is -0.237. The van der Waals surface area contributed by atoms with Gasteiger partial charge in [0.1, 0.15) is 11.3 Å². The van der Waals surface area contributed by atoms with Crippen molar-refractivity contribution in [3.8, 4) is 5.75 Å². The minimum atomic E-state index is -0.745. The Morgan fingerprint density at radius 1 is 1.09 bits per heavy atom. The summed E-state index contributed by atoms with van der Waals surface area (Å²) in [7, 11) is 0. The standard InChI is InChI=1S/C20H19N5O6S/c1-2-31-16-4-3-5-17-18(16)21-20(32-17)23-8-6-22(7-9-23)19(26)13-10-14(24(27)28)12-15(11-13)25(29)30/h3-5,10-12H,2,6-9H2,1H3. The average molecular weight is 457 g/mol. The fraction of sp³-hybridized carbons (Fsp3) is 0.300. The number of carbonyl (C=O) groups is 1. The molecule has 32 heavy (non-hydrogen) atoms. The van der Waals surface area contributed by atoms with Crippen LogP contribution in [0.2, 0.25) is 0 Å². The van der Waals surface area contributed by atoms with E-state index in [1.165, 1.54) is 4.90 Å². The number of ether oxygens (including phenoxy) is 1. The van der Waals surface area contributed by atoms with Crippen molar-refractivity contribution < 1.29 is 19.4 Å². The second kappa shape index (κ2) is 8.75. The molecule has 2 heterocycles. The predicted molar refractivity (Wildman–Crippen MR) is 119 cm³/mol. The summed E-state index contributed by atoms with van der Waals surface area (Å²) in [6.45, 7) is 4.23. The van der Waals surface area contributed by atoms with Crippen LogP contribution in [0, 0.1) is 20.2 Å². The minimum Gasteiger partial charge on any atom is -0.492 e. The Morgan fingerprint density at radius 2 is 1.75 bits per heavy atom. The third-order valence-corrected chi connectivity index (χ3v) is 6.16. The zero-order valence-electron chi connectivity index (χ0n) is 17.1. The quantitative estimate of drug-likeness (QED) is 0.406. The molecule has 0 radical (unpaired) electrons. The van der Waals surface area contributed by atoms with E-state index in [1.54, 1.807) is 11.3 Å². The van der Waals surface area contributed by atoms with Crippen LogP contribution in [0.15, 0.2) is 36.4 Å². The summed E-state index contributed by atoms with van der Waals surface area (Å²) in [5.74, 6) is 0.257. The molecule has 0 spiro atoms. The molecular formula is C20H19N5O6S. The number of nitro groups is 2. The number of thiazole rings is 1. The lowest BCUT2D eigenvalue weighted by molar-refractivity contribution is -0.394. The molecule has 0 unspecified atom stereocenters. The number of piperazine rings is 1. The lowest BCUT2D eigenvalue weighted by atomic mass is 10.1. The van der Waals surface area contributed by atoms with Crippen molar-refractivity contribution >= 4 is 44.0 Å². The number of carbonyl (C=O) groups excluding carboxylic acids is 1. The fourth-order valence-electron chi connectivity index (χ4n) is 3.53. The number of rotatable bonds is 6. The monoisotopic (exact) mass is 457 g/mol. The number of fused-ring (bicyclic) bond motifs is 1. The van der Waals surface area contributed by atoms with Crippen LogP contribution in [0.3, 0.4) is 0 Å². The lowest BCUT2D eigenvalue weighted by Gasteiger charge is -2.34. The molecule has 1 aromatic heterocycles. The van der Waals surface area contributed by atoms with E-state index in [0.29, 0.717) is 32.8 Å². The molecule has 0 N–H and O–H groups in total. The maximum Gasteiger partial charge on any atom is 0.277 e. The highest BCUT2D eigenvalue weighted by Crippen LogP contribution is 2.34. The number of nitrogens with zero attached hydrogens (tertiary/aromatic N) is 5. The molecule has 0 atom stereocenters. The zero-order valence-corrected chi connectivity index (χ0v) is 17.9. The van der Waals surface area contributed by atoms with E-state index in [4.69, 9.17) is 9.72 Å². The van der Waals surface area contributed by atoms with E-state index in [2.05, 4.69) is 4.90 Å². The first-order valence-corrected chi connectivity index (χ1v) is 10.7. The molecule has 1 fully saturated rings. The van der Waals surface area contributed by atoms with E-state index in [9.17, 15) is 25.0 Å². The van der Waals surface area contributed by atoms with E-state index < -0.39 is 27.1 Å². The van der Waals surface area contributed by atoms with Crippen molar-refractivity contribution in [2.45, 2.75) is 6.92 Å². The molecule has 11 nitrogen and oxygen atoms in total. The minimum absolute atomic E-state index is 0.0688. The first-order valence-electron chi connectivity index (χ1n) is 9.88. The van der Waals surface area contributed by atoms with E-state index in [-0.39, 0.29) is 5.56 Å². The normalized spacial score (nSPS) is 13.9. The van der Waals surface area contributed by atoms with Crippen LogP contribution in [0.5, 0.6) is 5.75 Å². The number of hydrogen-bond acceptors (Lipinski definition) is 9. The van der Waals surface area contributed by atoms with E-state index in [1.807, 2.05) is 25.1 Å². The average Bonchev–Trinajstić information content (AvgIpc) is 3.24. The first kappa shape index (κ1) is 21.4. The Morgan fingerprint density at radius 3 is 2.34 bits per heavy atom. The van der Waals surface area contributed by atoms with Gasteiger partial charge in [0.15, 0.2) is 5.13 Å². The van der Waals surface area contributed by atoms with Gasteiger partial charge in [-0.3, -0.25) is 25.0 Å². The van der Waals surface area contributed by atoms with Crippen LogP contribution in [-0.2, 0) is 0 Å². The van der Waals surface area contributed by atoms with Gasteiger partial charge in [-0.15, -0.1) is 0 Å².